The van der Waals surface area contributed by atoms with Gasteiger partial charge in [-0.05, 0) is 49.3 Å². The molecule has 2 nitrogen and oxygen atoms in total. The highest BCUT2D eigenvalue weighted by Gasteiger charge is 2.13. The minimum atomic E-state index is 1.16. The van der Waals surface area contributed by atoms with E-state index in [1.54, 1.807) is 0 Å². The van der Waals surface area contributed by atoms with E-state index in [9.17, 15) is 0 Å². The molecule has 0 spiro atoms. The number of benzene rings is 1. The molecule has 0 radical (unpaired) electrons. The van der Waals surface area contributed by atoms with Crippen LogP contribution in [0.4, 0.5) is 0 Å². The van der Waals surface area contributed by atoms with E-state index in [4.69, 9.17) is 0 Å². The van der Waals surface area contributed by atoms with Crippen LogP contribution in [-0.4, -0.2) is 9.78 Å². The summed E-state index contributed by atoms with van der Waals surface area (Å²) in [5.74, 6) is 0. The Morgan fingerprint density at radius 2 is 1.94 bits per heavy atom. The van der Waals surface area contributed by atoms with E-state index in [1.807, 2.05) is 12.3 Å². The van der Waals surface area contributed by atoms with Crippen molar-refractivity contribution in [1.82, 2.24) is 9.78 Å². The molecule has 1 aromatic heterocycles. The highest BCUT2D eigenvalue weighted by atomic mass is 15.3. The lowest BCUT2D eigenvalue weighted by atomic mass is 9.98. The summed E-state index contributed by atoms with van der Waals surface area (Å²) in [5, 5.41) is 4.50. The molecule has 92 valence electrons. The monoisotopic (exact) mass is 238 g/mol. The van der Waals surface area contributed by atoms with Gasteiger partial charge in [-0.15, -0.1) is 0 Å². The van der Waals surface area contributed by atoms with Gasteiger partial charge in [0.1, 0.15) is 0 Å². The van der Waals surface area contributed by atoms with Crippen LogP contribution in [0.1, 0.15) is 36.6 Å². The summed E-state index contributed by atoms with van der Waals surface area (Å²) in [6.07, 6.45) is 9.13. The van der Waals surface area contributed by atoms with Crippen molar-refractivity contribution in [2.75, 3.05) is 0 Å². The third kappa shape index (κ3) is 2.10. The topological polar surface area (TPSA) is 17.8 Å². The fraction of sp³-hybridized carbons (Fsp3) is 0.312. The average molecular weight is 238 g/mol. The largest absolute Gasteiger partial charge is 0.245 e. The molecule has 0 saturated carbocycles. The van der Waals surface area contributed by atoms with Crippen LogP contribution >= 0.6 is 0 Å². The zero-order chi connectivity index (χ0) is 12.4. The lowest BCUT2D eigenvalue weighted by Crippen LogP contribution is -2.05. The quantitative estimate of drug-likeness (QED) is 0.778. The zero-order valence-corrected chi connectivity index (χ0v) is 10.8. The van der Waals surface area contributed by atoms with E-state index in [-0.39, 0.29) is 0 Å². The first kappa shape index (κ1) is 11.3. The number of aryl methyl sites for hydroxylation is 1. The number of aromatic nitrogens is 2. The molecular weight excluding hydrogens is 220 g/mol. The van der Waals surface area contributed by atoms with Gasteiger partial charge in [0.25, 0.3) is 0 Å². The van der Waals surface area contributed by atoms with Crippen molar-refractivity contribution < 1.29 is 0 Å². The van der Waals surface area contributed by atoms with Crippen molar-refractivity contribution in [3.63, 3.8) is 0 Å². The minimum absolute atomic E-state index is 1.16. The van der Waals surface area contributed by atoms with Gasteiger partial charge in [0.15, 0.2) is 0 Å². The SMILES string of the molecule is C/C(=C\n1ncc2c1CCCC2)c1ccccc1. The first-order valence-electron chi connectivity index (χ1n) is 6.64. The van der Waals surface area contributed by atoms with Gasteiger partial charge in [-0.3, -0.25) is 0 Å². The summed E-state index contributed by atoms with van der Waals surface area (Å²) in [7, 11) is 0. The van der Waals surface area contributed by atoms with Gasteiger partial charge in [-0.1, -0.05) is 30.3 Å². The molecular formula is C16H18N2. The van der Waals surface area contributed by atoms with Gasteiger partial charge < -0.3 is 0 Å². The van der Waals surface area contributed by atoms with Gasteiger partial charge in [-0.2, -0.15) is 5.10 Å². The van der Waals surface area contributed by atoms with Crippen LogP contribution in [0, 0.1) is 0 Å². The Balaban J connectivity index is 1.94. The Bertz CT molecular complexity index is 564. The second-order valence-corrected chi connectivity index (χ2v) is 4.95. The molecule has 0 saturated heterocycles. The lowest BCUT2D eigenvalue weighted by molar-refractivity contribution is 0.660. The predicted octanol–water partition coefficient (Wildman–Crippen LogP) is 3.78. The van der Waals surface area contributed by atoms with Crippen LogP contribution in [0.25, 0.3) is 11.8 Å². The van der Waals surface area contributed by atoms with E-state index in [0.717, 1.165) is 6.42 Å². The number of fused-ring (bicyclic) bond motifs is 1. The van der Waals surface area contributed by atoms with Crippen molar-refractivity contribution in [1.29, 1.82) is 0 Å². The van der Waals surface area contributed by atoms with E-state index < -0.39 is 0 Å². The van der Waals surface area contributed by atoms with Gasteiger partial charge in [0.05, 0.1) is 6.20 Å². The molecule has 0 atom stereocenters. The average Bonchev–Trinajstić information content (AvgIpc) is 2.83. The molecule has 0 unspecified atom stereocenters. The Hall–Kier alpha value is -1.83. The Labute approximate surface area is 108 Å². The molecule has 2 heteroatoms. The summed E-state index contributed by atoms with van der Waals surface area (Å²) in [4.78, 5) is 0. The third-order valence-electron chi connectivity index (χ3n) is 3.64. The van der Waals surface area contributed by atoms with Crippen LogP contribution in [-0.2, 0) is 12.8 Å². The Kier molecular flexibility index (Phi) is 3.01. The van der Waals surface area contributed by atoms with Gasteiger partial charge in [0, 0.05) is 11.9 Å². The van der Waals surface area contributed by atoms with Crippen LogP contribution in [0.5, 0.6) is 0 Å². The maximum Gasteiger partial charge on any atom is 0.0528 e. The van der Waals surface area contributed by atoms with Crippen molar-refractivity contribution in [2.24, 2.45) is 0 Å². The second-order valence-electron chi connectivity index (χ2n) is 4.95. The molecule has 0 fully saturated rings. The number of nitrogens with zero attached hydrogens (tertiary/aromatic N) is 2. The van der Waals surface area contributed by atoms with E-state index in [1.165, 1.54) is 41.7 Å². The fourth-order valence-corrected chi connectivity index (χ4v) is 2.59. The molecule has 0 bridgehead atoms. The Morgan fingerprint density at radius 1 is 1.17 bits per heavy atom. The van der Waals surface area contributed by atoms with Crippen molar-refractivity contribution in [2.45, 2.75) is 32.6 Å². The lowest BCUT2D eigenvalue weighted by Gasteiger charge is -2.12. The van der Waals surface area contributed by atoms with Crippen LogP contribution in [0.3, 0.4) is 0 Å². The summed E-state index contributed by atoms with van der Waals surface area (Å²) >= 11 is 0. The maximum atomic E-state index is 4.50. The molecule has 0 N–H and O–H groups in total. The summed E-state index contributed by atoms with van der Waals surface area (Å²) < 4.78 is 2.07. The first-order valence-corrected chi connectivity index (χ1v) is 6.64. The number of hydrogen-bond donors (Lipinski definition) is 0. The highest BCUT2D eigenvalue weighted by Crippen LogP contribution is 2.22. The van der Waals surface area contributed by atoms with E-state index >= 15 is 0 Å². The van der Waals surface area contributed by atoms with E-state index in [0.29, 0.717) is 0 Å². The van der Waals surface area contributed by atoms with Crippen LogP contribution < -0.4 is 0 Å². The smallest absolute Gasteiger partial charge is 0.0528 e. The summed E-state index contributed by atoms with van der Waals surface area (Å²) in [6, 6.07) is 10.5. The molecule has 3 rings (SSSR count). The normalized spacial score (nSPS) is 15.5. The first-order chi connectivity index (χ1) is 8.84. The van der Waals surface area contributed by atoms with Crippen molar-refractivity contribution in [3.05, 3.63) is 53.3 Å². The molecule has 18 heavy (non-hydrogen) atoms. The second kappa shape index (κ2) is 4.81. The maximum absolute atomic E-state index is 4.50. The van der Waals surface area contributed by atoms with Crippen LogP contribution in [0.15, 0.2) is 36.5 Å². The highest BCUT2D eigenvalue weighted by molar-refractivity contribution is 5.73. The fourth-order valence-electron chi connectivity index (χ4n) is 2.59. The van der Waals surface area contributed by atoms with Gasteiger partial charge >= 0.3 is 0 Å². The zero-order valence-electron chi connectivity index (χ0n) is 10.8. The standard InChI is InChI=1S/C16H18N2/c1-13(14-7-3-2-4-8-14)12-18-16-10-6-5-9-15(16)11-17-18/h2-4,7-8,11-12H,5-6,9-10H2,1H3/b13-12+. The minimum Gasteiger partial charge on any atom is -0.245 e. The summed E-state index contributed by atoms with van der Waals surface area (Å²) in [5.41, 5.74) is 5.35. The molecule has 0 amide bonds. The van der Waals surface area contributed by atoms with Crippen molar-refractivity contribution >= 4 is 11.8 Å². The molecule has 1 aliphatic rings. The van der Waals surface area contributed by atoms with Gasteiger partial charge in [-0.25, -0.2) is 4.68 Å². The summed E-state index contributed by atoms with van der Waals surface area (Å²) in [6.45, 7) is 2.15. The number of allylic oxidation sites excluding steroid dienone is 1. The van der Waals surface area contributed by atoms with Crippen LogP contribution in [0.2, 0.25) is 0 Å². The molecule has 2 aromatic rings. The molecule has 1 aliphatic carbocycles. The number of hydrogen-bond acceptors (Lipinski definition) is 1. The third-order valence-corrected chi connectivity index (χ3v) is 3.64. The Morgan fingerprint density at radius 3 is 2.78 bits per heavy atom. The van der Waals surface area contributed by atoms with Gasteiger partial charge in [0.2, 0.25) is 0 Å². The van der Waals surface area contributed by atoms with Crippen molar-refractivity contribution in [3.8, 4) is 0 Å². The predicted molar refractivity (Wildman–Crippen MR) is 75.2 cm³/mol. The van der Waals surface area contributed by atoms with E-state index in [2.05, 4.69) is 47.2 Å². The number of rotatable bonds is 2. The molecule has 1 aromatic carbocycles. The molecule has 1 heterocycles. The molecule has 0 aliphatic heterocycles.